The number of nitrogens with zero attached hydrogens (tertiary/aromatic N) is 2. The fourth-order valence-electron chi connectivity index (χ4n) is 2.14. The van der Waals surface area contributed by atoms with Crippen LogP contribution in [0, 0.1) is 0 Å². The first-order chi connectivity index (χ1) is 7.46. The standard InChI is InChI=1S/C13H26N2O/c1-5-6-7-8-9-14-10-11-15(12(14)16)13(2,3)4/h5-11H2,1-4H3. The predicted octanol–water partition coefficient (Wildman–Crippen LogP) is 3.10. The van der Waals surface area contributed by atoms with E-state index in [4.69, 9.17) is 0 Å². The molecule has 2 amide bonds. The highest BCUT2D eigenvalue weighted by Gasteiger charge is 2.34. The molecular formula is C13H26N2O. The Bertz CT molecular complexity index is 233. The van der Waals surface area contributed by atoms with Gasteiger partial charge in [0, 0.05) is 25.2 Å². The molecular weight excluding hydrogens is 200 g/mol. The van der Waals surface area contributed by atoms with E-state index in [-0.39, 0.29) is 11.6 Å². The molecule has 1 aliphatic heterocycles. The lowest BCUT2D eigenvalue weighted by Gasteiger charge is -2.31. The summed E-state index contributed by atoms with van der Waals surface area (Å²) < 4.78 is 0. The molecule has 1 saturated heterocycles. The second kappa shape index (κ2) is 5.55. The lowest BCUT2D eigenvalue weighted by Crippen LogP contribution is -2.44. The maximum atomic E-state index is 12.1. The van der Waals surface area contributed by atoms with E-state index in [1.165, 1.54) is 19.3 Å². The van der Waals surface area contributed by atoms with Gasteiger partial charge in [-0.15, -0.1) is 0 Å². The number of hydrogen-bond donors (Lipinski definition) is 0. The molecule has 0 aliphatic carbocycles. The molecule has 0 radical (unpaired) electrons. The van der Waals surface area contributed by atoms with Gasteiger partial charge in [-0.3, -0.25) is 0 Å². The number of carbonyl (C=O) groups is 1. The van der Waals surface area contributed by atoms with Gasteiger partial charge in [-0.2, -0.15) is 0 Å². The summed E-state index contributed by atoms with van der Waals surface area (Å²) in [5.74, 6) is 0. The van der Waals surface area contributed by atoms with Gasteiger partial charge in [-0.25, -0.2) is 4.79 Å². The molecule has 16 heavy (non-hydrogen) atoms. The Balaban J connectivity index is 2.34. The molecule has 0 N–H and O–H groups in total. The molecule has 0 aromatic heterocycles. The summed E-state index contributed by atoms with van der Waals surface area (Å²) in [5.41, 5.74) is -0.0325. The molecule has 0 bridgehead atoms. The molecule has 3 heteroatoms. The Hall–Kier alpha value is -0.730. The van der Waals surface area contributed by atoms with Gasteiger partial charge < -0.3 is 9.80 Å². The molecule has 0 aromatic rings. The van der Waals surface area contributed by atoms with Crippen LogP contribution in [0.2, 0.25) is 0 Å². The van der Waals surface area contributed by atoms with E-state index in [1.54, 1.807) is 0 Å². The minimum atomic E-state index is -0.0325. The van der Waals surface area contributed by atoms with Gasteiger partial charge in [0.25, 0.3) is 0 Å². The van der Waals surface area contributed by atoms with Crippen LogP contribution in [-0.2, 0) is 0 Å². The number of amides is 2. The van der Waals surface area contributed by atoms with Gasteiger partial charge in [0.05, 0.1) is 0 Å². The third kappa shape index (κ3) is 3.39. The Labute approximate surface area is 99.8 Å². The van der Waals surface area contributed by atoms with Crippen molar-refractivity contribution < 1.29 is 4.79 Å². The average Bonchev–Trinajstić information content (AvgIpc) is 2.54. The maximum Gasteiger partial charge on any atom is 0.320 e. The summed E-state index contributed by atoms with van der Waals surface area (Å²) in [6.07, 6.45) is 4.93. The van der Waals surface area contributed by atoms with E-state index in [9.17, 15) is 4.79 Å². The topological polar surface area (TPSA) is 23.6 Å². The Kier molecular flexibility index (Phi) is 4.63. The first kappa shape index (κ1) is 13.3. The smallest absolute Gasteiger partial charge is 0.320 e. The summed E-state index contributed by atoms with van der Waals surface area (Å²) in [6.45, 7) is 11.2. The summed E-state index contributed by atoms with van der Waals surface area (Å²) in [5, 5.41) is 0. The zero-order valence-corrected chi connectivity index (χ0v) is 11.3. The maximum absolute atomic E-state index is 12.1. The molecule has 1 aliphatic rings. The first-order valence-corrected chi connectivity index (χ1v) is 6.53. The second-order valence-electron chi connectivity index (χ2n) is 5.65. The number of hydrogen-bond acceptors (Lipinski definition) is 1. The van der Waals surface area contributed by atoms with Crippen molar-refractivity contribution >= 4 is 6.03 Å². The van der Waals surface area contributed by atoms with Gasteiger partial charge in [-0.1, -0.05) is 26.2 Å². The van der Waals surface area contributed by atoms with Crippen LogP contribution in [0.4, 0.5) is 4.79 Å². The van der Waals surface area contributed by atoms with Gasteiger partial charge in [0.15, 0.2) is 0 Å². The normalized spacial score (nSPS) is 17.4. The van der Waals surface area contributed by atoms with Crippen LogP contribution in [0.15, 0.2) is 0 Å². The van der Waals surface area contributed by atoms with Crippen molar-refractivity contribution in [3.05, 3.63) is 0 Å². The summed E-state index contributed by atoms with van der Waals surface area (Å²) in [7, 11) is 0. The summed E-state index contributed by atoms with van der Waals surface area (Å²) in [4.78, 5) is 16.0. The zero-order chi connectivity index (χ0) is 12.2. The fourth-order valence-corrected chi connectivity index (χ4v) is 2.14. The summed E-state index contributed by atoms with van der Waals surface area (Å²) >= 11 is 0. The third-order valence-electron chi connectivity index (χ3n) is 3.19. The molecule has 0 saturated carbocycles. The van der Waals surface area contributed by atoms with Crippen molar-refractivity contribution in [3.63, 3.8) is 0 Å². The van der Waals surface area contributed by atoms with Gasteiger partial charge in [-0.05, 0) is 27.2 Å². The van der Waals surface area contributed by atoms with Crippen LogP contribution >= 0.6 is 0 Å². The fraction of sp³-hybridized carbons (Fsp3) is 0.923. The van der Waals surface area contributed by atoms with Crippen LogP contribution in [0.1, 0.15) is 53.4 Å². The van der Waals surface area contributed by atoms with Crippen LogP contribution < -0.4 is 0 Å². The Morgan fingerprint density at radius 2 is 1.81 bits per heavy atom. The van der Waals surface area contributed by atoms with Crippen LogP contribution in [0.5, 0.6) is 0 Å². The van der Waals surface area contributed by atoms with Crippen molar-refractivity contribution in [2.45, 2.75) is 58.9 Å². The number of rotatable bonds is 5. The molecule has 3 nitrogen and oxygen atoms in total. The molecule has 1 heterocycles. The van der Waals surface area contributed by atoms with E-state index in [2.05, 4.69) is 27.7 Å². The van der Waals surface area contributed by atoms with Gasteiger partial charge >= 0.3 is 6.03 Å². The van der Waals surface area contributed by atoms with Crippen molar-refractivity contribution in [1.82, 2.24) is 9.80 Å². The third-order valence-corrected chi connectivity index (χ3v) is 3.19. The Morgan fingerprint density at radius 3 is 2.31 bits per heavy atom. The second-order valence-corrected chi connectivity index (χ2v) is 5.65. The van der Waals surface area contributed by atoms with Crippen molar-refractivity contribution in [2.75, 3.05) is 19.6 Å². The molecule has 0 aromatic carbocycles. The number of unbranched alkanes of at least 4 members (excludes halogenated alkanes) is 3. The minimum absolute atomic E-state index is 0.0325. The lowest BCUT2D eigenvalue weighted by atomic mass is 10.1. The van der Waals surface area contributed by atoms with E-state index in [0.717, 1.165) is 26.1 Å². The van der Waals surface area contributed by atoms with E-state index < -0.39 is 0 Å². The van der Waals surface area contributed by atoms with Gasteiger partial charge in [0.2, 0.25) is 0 Å². The van der Waals surface area contributed by atoms with Crippen LogP contribution in [0.25, 0.3) is 0 Å². The highest BCUT2D eigenvalue weighted by Crippen LogP contribution is 2.20. The van der Waals surface area contributed by atoms with E-state index in [1.807, 2.05) is 9.80 Å². The number of urea groups is 1. The van der Waals surface area contributed by atoms with Crippen molar-refractivity contribution in [2.24, 2.45) is 0 Å². The number of carbonyl (C=O) groups excluding carboxylic acids is 1. The molecule has 1 rings (SSSR count). The molecule has 1 fully saturated rings. The van der Waals surface area contributed by atoms with E-state index in [0.29, 0.717) is 0 Å². The molecule has 94 valence electrons. The monoisotopic (exact) mass is 226 g/mol. The average molecular weight is 226 g/mol. The lowest BCUT2D eigenvalue weighted by molar-refractivity contribution is 0.155. The highest BCUT2D eigenvalue weighted by atomic mass is 16.2. The largest absolute Gasteiger partial charge is 0.323 e. The van der Waals surface area contributed by atoms with Crippen LogP contribution in [-0.4, -0.2) is 41.0 Å². The predicted molar refractivity (Wildman–Crippen MR) is 67.6 cm³/mol. The van der Waals surface area contributed by atoms with Crippen molar-refractivity contribution in [3.8, 4) is 0 Å². The zero-order valence-electron chi connectivity index (χ0n) is 11.3. The first-order valence-electron chi connectivity index (χ1n) is 6.53. The Morgan fingerprint density at radius 1 is 1.12 bits per heavy atom. The summed E-state index contributed by atoms with van der Waals surface area (Å²) in [6, 6.07) is 0.226. The molecule has 0 spiro atoms. The minimum Gasteiger partial charge on any atom is -0.323 e. The van der Waals surface area contributed by atoms with E-state index >= 15 is 0 Å². The highest BCUT2D eigenvalue weighted by molar-refractivity contribution is 5.77. The molecule has 0 unspecified atom stereocenters. The van der Waals surface area contributed by atoms with Crippen molar-refractivity contribution in [1.29, 1.82) is 0 Å². The quantitative estimate of drug-likeness (QED) is 0.661. The van der Waals surface area contributed by atoms with Gasteiger partial charge in [0.1, 0.15) is 0 Å². The van der Waals surface area contributed by atoms with Crippen LogP contribution in [0.3, 0.4) is 0 Å². The SMILES string of the molecule is CCCCCCN1CCN(C(C)(C)C)C1=O. The molecule has 0 atom stereocenters.